The van der Waals surface area contributed by atoms with Crippen LogP contribution in [0, 0.1) is 0 Å². The zero-order valence-electron chi connectivity index (χ0n) is 16.8. The van der Waals surface area contributed by atoms with Gasteiger partial charge in [0, 0.05) is 26.2 Å². The van der Waals surface area contributed by atoms with Crippen LogP contribution < -0.4 is 5.32 Å². The Morgan fingerprint density at radius 2 is 1.83 bits per heavy atom. The van der Waals surface area contributed by atoms with Crippen LogP contribution in [0.5, 0.6) is 0 Å². The predicted molar refractivity (Wildman–Crippen MR) is 110 cm³/mol. The van der Waals surface area contributed by atoms with E-state index < -0.39 is 10.0 Å². The summed E-state index contributed by atoms with van der Waals surface area (Å²) in [5.74, 6) is -0.474. The van der Waals surface area contributed by atoms with Crippen molar-refractivity contribution >= 4 is 33.2 Å². The molecule has 0 unspecified atom stereocenters. The van der Waals surface area contributed by atoms with E-state index in [1.807, 2.05) is 0 Å². The summed E-state index contributed by atoms with van der Waals surface area (Å²) >= 11 is 0.942. The second-order valence-electron chi connectivity index (χ2n) is 7.54. The van der Waals surface area contributed by atoms with Crippen molar-refractivity contribution in [1.82, 2.24) is 14.5 Å². The molecule has 10 heteroatoms. The van der Waals surface area contributed by atoms with Crippen molar-refractivity contribution in [1.29, 1.82) is 0 Å². The molecule has 1 aliphatic heterocycles. The van der Waals surface area contributed by atoms with Gasteiger partial charge in [0.05, 0.1) is 24.6 Å². The second-order valence-corrected chi connectivity index (χ2v) is 10.9. The fraction of sp³-hybridized carbons (Fsp3) is 0.684. The Morgan fingerprint density at radius 3 is 2.48 bits per heavy atom. The summed E-state index contributed by atoms with van der Waals surface area (Å²) in [4.78, 5) is 26.9. The topological polar surface area (TPSA) is 96.0 Å². The van der Waals surface area contributed by atoms with E-state index in [1.54, 1.807) is 4.90 Å². The van der Waals surface area contributed by atoms with Gasteiger partial charge >= 0.3 is 0 Å². The number of hydrogen-bond donors (Lipinski definition) is 1. The first-order valence-corrected chi connectivity index (χ1v) is 12.4. The number of hydrogen-bond acceptors (Lipinski definition) is 6. The first kappa shape index (κ1) is 22.2. The fourth-order valence-electron chi connectivity index (χ4n) is 3.63. The summed E-state index contributed by atoms with van der Waals surface area (Å²) in [5.41, 5.74) is 0. The largest absolute Gasteiger partial charge is 0.378 e. The molecule has 2 aliphatic rings. The van der Waals surface area contributed by atoms with Gasteiger partial charge in [0.25, 0.3) is 15.9 Å². The van der Waals surface area contributed by atoms with Gasteiger partial charge in [0.15, 0.2) is 0 Å². The number of ether oxygens (including phenoxy) is 1. The van der Waals surface area contributed by atoms with Crippen molar-refractivity contribution in [2.45, 2.75) is 48.8 Å². The Labute approximate surface area is 176 Å². The van der Waals surface area contributed by atoms with Crippen LogP contribution in [0.25, 0.3) is 0 Å². The first-order valence-electron chi connectivity index (χ1n) is 10.1. The van der Waals surface area contributed by atoms with E-state index >= 15 is 0 Å². The molecule has 0 radical (unpaired) electrons. The van der Waals surface area contributed by atoms with Crippen LogP contribution >= 0.6 is 11.3 Å². The van der Waals surface area contributed by atoms with Gasteiger partial charge in [-0.15, -0.1) is 11.3 Å². The van der Waals surface area contributed by atoms with E-state index in [0.29, 0.717) is 31.2 Å². The molecule has 1 aromatic heterocycles. The van der Waals surface area contributed by atoms with Gasteiger partial charge in [0.1, 0.15) is 4.21 Å². The number of nitrogens with one attached hydrogen (secondary N) is 1. The van der Waals surface area contributed by atoms with Crippen LogP contribution in [0.2, 0.25) is 0 Å². The van der Waals surface area contributed by atoms with Crippen molar-refractivity contribution in [3.8, 4) is 0 Å². The highest BCUT2D eigenvalue weighted by molar-refractivity contribution is 7.91. The van der Waals surface area contributed by atoms with E-state index in [0.717, 1.165) is 41.3 Å². The van der Waals surface area contributed by atoms with Crippen molar-refractivity contribution in [3.05, 3.63) is 17.0 Å². The number of carbonyl (C=O) groups excluding carboxylic acids is 2. The summed E-state index contributed by atoms with van der Waals surface area (Å²) in [7, 11) is -2.44. The highest BCUT2D eigenvalue weighted by Crippen LogP contribution is 2.26. The average Bonchev–Trinajstić information content (AvgIpc) is 3.08. The van der Waals surface area contributed by atoms with Gasteiger partial charge in [-0.1, -0.05) is 25.7 Å². The Morgan fingerprint density at radius 1 is 1.17 bits per heavy atom. The molecule has 2 heterocycles. The van der Waals surface area contributed by atoms with E-state index in [2.05, 4.69) is 5.32 Å². The number of nitrogens with zero attached hydrogens (tertiary/aromatic N) is 2. The Bertz CT molecular complexity index is 810. The third-order valence-corrected chi connectivity index (χ3v) is 8.69. The van der Waals surface area contributed by atoms with Crippen LogP contribution in [0.15, 0.2) is 16.3 Å². The van der Waals surface area contributed by atoms with Crippen molar-refractivity contribution < 1.29 is 22.7 Å². The molecule has 1 aromatic rings. The van der Waals surface area contributed by atoms with Crippen LogP contribution in [0.4, 0.5) is 0 Å². The molecular formula is C19H29N3O5S2. The van der Waals surface area contributed by atoms with E-state index in [9.17, 15) is 18.0 Å². The summed E-state index contributed by atoms with van der Waals surface area (Å²) in [6, 6.07) is 3.10. The normalized spacial score (nSPS) is 19.2. The second kappa shape index (κ2) is 10.0. The minimum Gasteiger partial charge on any atom is -0.378 e. The molecule has 0 bridgehead atoms. The quantitative estimate of drug-likeness (QED) is 0.675. The SMILES string of the molecule is CN(CC(=O)NC1CCCCCC1)S(=O)(=O)c1ccc(C(=O)N2CCOCC2)s1. The molecule has 1 saturated carbocycles. The molecule has 0 aromatic carbocycles. The highest BCUT2D eigenvalue weighted by Gasteiger charge is 2.28. The molecule has 162 valence electrons. The van der Waals surface area contributed by atoms with Gasteiger partial charge in [-0.3, -0.25) is 9.59 Å². The lowest BCUT2D eigenvalue weighted by Crippen LogP contribution is -2.42. The lowest BCUT2D eigenvalue weighted by molar-refractivity contribution is -0.121. The minimum absolute atomic E-state index is 0.0684. The number of likely N-dealkylation sites (N-methyl/N-ethyl adjacent to an activating group) is 1. The number of amides is 2. The predicted octanol–water partition coefficient (Wildman–Crippen LogP) is 1.68. The van der Waals surface area contributed by atoms with Crippen LogP contribution in [0.3, 0.4) is 0 Å². The van der Waals surface area contributed by atoms with Gasteiger partial charge in [-0.25, -0.2) is 8.42 Å². The van der Waals surface area contributed by atoms with Gasteiger partial charge < -0.3 is 15.0 Å². The summed E-state index contributed by atoms with van der Waals surface area (Å²) < 4.78 is 32.0. The smallest absolute Gasteiger partial charge is 0.264 e. The maximum atomic E-state index is 12.8. The highest BCUT2D eigenvalue weighted by atomic mass is 32.2. The molecule has 1 aliphatic carbocycles. The summed E-state index contributed by atoms with van der Waals surface area (Å²) in [5, 5.41) is 2.97. The maximum absolute atomic E-state index is 12.8. The lowest BCUT2D eigenvalue weighted by atomic mass is 10.1. The fourth-order valence-corrected chi connectivity index (χ4v) is 6.25. The maximum Gasteiger partial charge on any atom is 0.264 e. The number of rotatable bonds is 6. The molecule has 2 fully saturated rings. The van der Waals surface area contributed by atoms with Gasteiger partial charge in [-0.05, 0) is 25.0 Å². The summed E-state index contributed by atoms with van der Waals surface area (Å²) in [6.07, 6.45) is 6.44. The number of thiophene rings is 1. The van der Waals surface area contributed by atoms with Crippen molar-refractivity contribution in [2.24, 2.45) is 0 Å². The number of sulfonamides is 1. The molecule has 2 amide bonds. The molecule has 0 spiro atoms. The van der Waals surface area contributed by atoms with Gasteiger partial charge in [-0.2, -0.15) is 4.31 Å². The van der Waals surface area contributed by atoms with E-state index in [4.69, 9.17) is 4.74 Å². The Kier molecular flexibility index (Phi) is 7.66. The third-order valence-electron chi connectivity index (χ3n) is 5.34. The van der Waals surface area contributed by atoms with E-state index in [-0.39, 0.29) is 28.6 Å². The number of carbonyl (C=O) groups is 2. The molecule has 1 saturated heterocycles. The monoisotopic (exact) mass is 443 g/mol. The lowest BCUT2D eigenvalue weighted by Gasteiger charge is -2.26. The van der Waals surface area contributed by atoms with Crippen LogP contribution in [-0.4, -0.2) is 75.4 Å². The first-order chi connectivity index (χ1) is 13.9. The standard InChI is InChI=1S/C19H29N3O5S2/c1-21(14-17(23)20-15-6-4-2-3-5-7-15)29(25,26)18-9-8-16(28-18)19(24)22-10-12-27-13-11-22/h8-9,15H,2-7,10-14H2,1H3,(H,20,23). The van der Waals surface area contributed by atoms with E-state index in [1.165, 1.54) is 32.0 Å². The Hall–Kier alpha value is -1.49. The molecular weight excluding hydrogens is 414 g/mol. The van der Waals surface area contributed by atoms with Crippen molar-refractivity contribution in [3.63, 3.8) is 0 Å². The van der Waals surface area contributed by atoms with Gasteiger partial charge in [0.2, 0.25) is 5.91 Å². The zero-order chi connectivity index (χ0) is 20.9. The van der Waals surface area contributed by atoms with Crippen molar-refractivity contribution in [2.75, 3.05) is 39.9 Å². The Balaban J connectivity index is 1.59. The molecule has 29 heavy (non-hydrogen) atoms. The molecule has 0 atom stereocenters. The molecule has 3 rings (SSSR count). The molecule has 1 N–H and O–H groups in total. The van der Waals surface area contributed by atoms with Crippen LogP contribution in [0.1, 0.15) is 48.2 Å². The number of morpholine rings is 1. The molecule has 8 nitrogen and oxygen atoms in total. The summed E-state index contributed by atoms with van der Waals surface area (Å²) in [6.45, 7) is 1.74. The minimum atomic E-state index is -3.83. The third kappa shape index (κ3) is 5.78. The van der Waals surface area contributed by atoms with Crippen LogP contribution in [-0.2, 0) is 19.6 Å². The zero-order valence-corrected chi connectivity index (χ0v) is 18.4. The average molecular weight is 444 g/mol.